The third-order valence-corrected chi connectivity index (χ3v) is 4.07. The molecule has 0 aliphatic heterocycles. The molecule has 92 valence electrons. The van der Waals surface area contributed by atoms with Crippen LogP contribution >= 0.6 is 27.3 Å². The van der Waals surface area contributed by atoms with Crippen LogP contribution in [0.2, 0.25) is 0 Å². The predicted octanol–water partition coefficient (Wildman–Crippen LogP) is 3.62. The molecule has 16 heavy (non-hydrogen) atoms. The Morgan fingerprint density at radius 3 is 2.69 bits per heavy atom. The first-order chi connectivity index (χ1) is 7.67. The zero-order valence-corrected chi connectivity index (χ0v) is 12.2. The van der Waals surface area contributed by atoms with Crippen LogP contribution in [-0.4, -0.2) is 23.9 Å². The highest BCUT2D eigenvalue weighted by molar-refractivity contribution is 9.11. The van der Waals surface area contributed by atoms with Crippen LogP contribution in [0.15, 0.2) is 15.9 Å². The van der Waals surface area contributed by atoms with E-state index in [9.17, 15) is 5.11 Å². The molecule has 0 bridgehead atoms. The Labute approximate surface area is 110 Å². The van der Waals surface area contributed by atoms with Crippen LogP contribution in [0.25, 0.3) is 0 Å². The topological polar surface area (TPSA) is 29.5 Å². The number of ether oxygens (including phenoxy) is 1. The molecule has 2 atom stereocenters. The number of rotatable bonds is 7. The van der Waals surface area contributed by atoms with Crippen molar-refractivity contribution in [2.45, 2.75) is 45.3 Å². The largest absolute Gasteiger partial charge is 0.390 e. The lowest BCUT2D eigenvalue weighted by Crippen LogP contribution is -2.30. The van der Waals surface area contributed by atoms with Gasteiger partial charge in [-0.1, -0.05) is 13.3 Å². The van der Waals surface area contributed by atoms with Crippen LogP contribution in [-0.2, 0) is 11.2 Å². The van der Waals surface area contributed by atoms with E-state index in [-0.39, 0.29) is 6.10 Å². The minimum atomic E-state index is -0.398. The van der Waals surface area contributed by atoms with Crippen molar-refractivity contribution in [2.75, 3.05) is 6.61 Å². The Hall–Kier alpha value is 0.1000. The standard InChI is InChI=1S/C12H19BrO2S/c1-3-5-11(15-4-2)10(14)8-9-6-7-12(13)16-9/h6-7,10-11,14H,3-5,8H2,1-2H3. The fourth-order valence-electron chi connectivity index (χ4n) is 1.68. The summed E-state index contributed by atoms with van der Waals surface area (Å²) < 4.78 is 6.68. The van der Waals surface area contributed by atoms with Gasteiger partial charge in [0.1, 0.15) is 0 Å². The normalized spacial score (nSPS) is 15.0. The lowest BCUT2D eigenvalue weighted by molar-refractivity contribution is -0.0360. The summed E-state index contributed by atoms with van der Waals surface area (Å²) in [5, 5.41) is 10.1. The van der Waals surface area contributed by atoms with E-state index in [2.05, 4.69) is 22.9 Å². The van der Waals surface area contributed by atoms with Crippen molar-refractivity contribution in [1.29, 1.82) is 0 Å². The van der Waals surface area contributed by atoms with Crippen molar-refractivity contribution in [3.05, 3.63) is 20.8 Å². The Balaban J connectivity index is 2.50. The molecule has 2 nitrogen and oxygen atoms in total. The maximum atomic E-state index is 10.1. The van der Waals surface area contributed by atoms with Gasteiger partial charge in [0.2, 0.25) is 0 Å². The van der Waals surface area contributed by atoms with Gasteiger partial charge < -0.3 is 9.84 Å². The van der Waals surface area contributed by atoms with Crippen LogP contribution in [0, 0.1) is 0 Å². The number of halogens is 1. The molecule has 1 aromatic heterocycles. The molecule has 4 heteroatoms. The van der Waals surface area contributed by atoms with E-state index in [1.54, 1.807) is 11.3 Å². The second kappa shape index (κ2) is 7.43. The van der Waals surface area contributed by atoms with Gasteiger partial charge in [-0.15, -0.1) is 11.3 Å². The summed E-state index contributed by atoms with van der Waals surface area (Å²) in [4.78, 5) is 1.19. The average Bonchev–Trinajstić information content (AvgIpc) is 2.63. The molecular weight excluding hydrogens is 288 g/mol. The highest BCUT2D eigenvalue weighted by atomic mass is 79.9. The molecule has 0 saturated carbocycles. The summed E-state index contributed by atoms with van der Waals surface area (Å²) in [5.74, 6) is 0. The second-order valence-electron chi connectivity index (χ2n) is 3.76. The summed E-state index contributed by atoms with van der Waals surface area (Å²) >= 11 is 5.10. The maximum absolute atomic E-state index is 10.1. The van der Waals surface area contributed by atoms with Gasteiger partial charge in [0, 0.05) is 17.9 Å². The van der Waals surface area contributed by atoms with Crippen LogP contribution < -0.4 is 0 Å². The van der Waals surface area contributed by atoms with E-state index in [0.29, 0.717) is 13.0 Å². The smallest absolute Gasteiger partial charge is 0.0849 e. The Morgan fingerprint density at radius 1 is 1.44 bits per heavy atom. The van der Waals surface area contributed by atoms with E-state index in [1.807, 2.05) is 19.1 Å². The second-order valence-corrected chi connectivity index (χ2v) is 6.31. The summed E-state index contributed by atoms with van der Waals surface area (Å²) in [7, 11) is 0. The molecular formula is C12H19BrO2S. The van der Waals surface area contributed by atoms with Crippen LogP contribution in [0.4, 0.5) is 0 Å². The molecule has 0 saturated heterocycles. The van der Waals surface area contributed by atoms with Crippen molar-refractivity contribution in [2.24, 2.45) is 0 Å². The molecule has 0 spiro atoms. The molecule has 2 unspecified atom stereocenters. The molecule has 0 amide bonds. The first-order valence-electron chi connectivity index (χ1n) is 5.71. The monoisotopic (exact) mass is 306 g/mol. The molecule has 0 aromatic carbocycles. The van der Waals surface area contributed by atoms with E-state index in [0.717, 1.165) is 16.6 Å². The number of aliphatic hydroxyl groups is 1. The highest BCUT2D eigenvalue weighted by Crippen LogP contribution is 2.24. The maximum Gasteiger partial charge on any atom is 0.0849 e. The summed E-state index contributed by atoms with van der Waals surface area (Å²) in [6.45, 7) is 4.74. The van der Waals surface area contributed by atoms with Crippen molar-refractivity contribution < 1.29 is 9.84 Å². The zero-order valence-electron chi connectivity index (χ0n) is 9.78. The number of hydrogen-bond donors (Lipinski definition) is 1. The van der Waals surface area contributed by atoms with Gasteiger partial charge in [-0.05, 0) is 41.4 Å². The Morgan fingerprint density at radius 2 is 2.19 bits per heavy atom. The first-order valence-corrected chi connectivity index (χ1v) is 7.32. The lowest BCUT2D eigenvalue weighted by atomic mass is 10.1. The van der Waals surface area contributed by atoms with Gasteiger partial charge in [-0.2, -0.15) is 0 Å². The molecule has 1 heterocycles. The fraction of sp³-hybridized carbons (Fsp3) is 0.667. The van der Waals surface area contributed by atoms with Crippen molar-refractivity contribution in [3.63, 3.8) is 0 Å². The zero-order chi connectivity index (χ0) is 12.0. The van der Waals surface area contributed by atoms with Crippen molar-refractivity contribution in [3.8, 4) is 0 Å². The number of hydrogen-bond acceptors (Lipinski definition) is 3. The van der Waals surface area contributed by atoms with E-state index >= 15 is 0 Å². The lowest BCUT2D eigenvalue weighted by Gasteiger charge is -2.21. The van der Waals surface area contributed by atoms with Gasteiger partial charge >= 0.3 is 0 Å². The molecule has 0 aliphatic carbocycles. The molecule has 0 aliphatic rings. The average molecular weight is 307 g/mol. The number of thiophene rings is 1. The van der Waals surface area contributed by atoms with Gasteiger partial charge in [0.25, 0.3) is 0 Å². The van der Waals surface area contributed by atoms with Gasteiger partial charge in [-0.25, -0.2) is 0 Å². The van der Waals surface area contributed by atoms with E-state index in [4.69, 9.17) is 4.74 Å². The van der Waals surface area contributed by atoms with E-state index < -0.39 is 6.10 Å². The molecule has 1 rings (SSSR count). The van der Waals surface area contributed by atoms with Crippen molar-refractivity contribution >= 4 is 27.3 Å². The highest BCUT2D eigenvalue weighted by Gasteiger charge is 2.19. The minimum Gasteiger partial charge on any atom is -0.390 e. The minimum absolute atomic E-state index is 0.0316. The van der Waals surface area contributed by atoms with Crippen LogP contribution in [0.5, 0.6) is 0 Å². The summed E-state index contributed by atoms with van der Waals surface area (Å²) in [6, 6.07) is 4.06. The Kier molecular flexibility index (Phi) is 6.58. The third-order valence-electron chi connectivity index (χ3n) is 2.42. The van der Waals surface area contributed by atoms with Crippen LogP contribution in [0.1, 0.15) is 31.6 Å². The SMILES string of the molecule is CCCC(OCC)C(O)Cc1ccc(Br)s1. The van der Waals surface area contributed by atoms with Gasteiger partial charge in [0.15, 0.2) is 0 Å². The summed E-state index contributed by atoms with van der Waals surface area (Å²) in [6.07, 6.45) is 2.21. The molecule has 0 radical (unpaired) electrons. The van der Waals surface area contributed by atoms with Gasteiger partial charge in [0.05, 0.1) is 16.0 Å². The fourth-order valence-corrected chi connectivity index (χ4v) is 3.22. The molecule has 1 N–H and O–H groups in total. The van der Waals surface area contributed by atoms with Crippen molar-refractivity contribution in [1.82, 2.24) is 0 Å². The summed E-state index contributed by atoms with van der Waals surface area (Å²) in [5.41, 5.74) is 0. The van der Waals surface area contributed by atoms with Gasteiger partial charge in [-0.3, -0.25) is 0 Å². The predicted molar refractivity (Wildman–Crippen MR) is 72.1 cm³/mol. The van der Waals surface area contributed by atoms with Crippen LogP contribution in [0.3, 0.4) is 0 Å². The number of aliphatic hydroxyl groups excluding tert-OH is 1. The quantitative estimate of drug-likeness (QED) is 0.833. The Bertz CT molecular complexity index is 295. The molecule has 1 aromatic rings. The first kappa shape index (κ1) is 14.2. The molecule has 0 fully saturated rings. The van der Waals surface area contributed by atoms with E-state index in [1.165, 1.54) is 4.88 Å². The third kappa shape index (κ3) is 4.53.